The minimum absolute atomic E-state index is 0.0427. The lowest BCUT2D eigenvalue weighted by Gasteiger charge is -2.17. The highest BCUT2D eigenvalue weighted by Gasteiger charge is 2.33. The molecule has 1 saturated heterocycles. The molecule has 1 unspecified atom stereocenters. The van der Waals surface area contributed by atoms with Gasteiger partial charge in [0.15, 0.2) is 0 Å². The van der Waals surface area contributed by atoms with Gasteiger partial charge in [-0.05, 0) is 37.0 Å². The minimum atomic E-state index is -3.63. The van der Waals surface area contributed by atoms with Crippen LogP contribution in [0.5, 0.6) is 0 Å². The minimum Gasteiger partial charge on any atom is -0.398 e. The number of benzene rings is 1. The molecule has 0 aromatic heterocycles. The normalized spacial score (nSPS) is 19.9. The maximum atomic E-state index is 12.5. The van der Waals surface area contributed by atoms with Crippen molar-refractivity contribution in [1.29, 1.82) is 5.26 Å². The Morgan fingerprint density at radius 3 is 2.85 bits per heavy atom. The van der Waals surface area contributed by atoms with E-state index in [2.05, 4.69) is 0 Å². The summed E-state index contributed by atoms with van der Waals surface area (Å²) in [6.45, 7) is 0.909. The second-order valence-electron chi connectivity index (χ2n) is 4.89. The van der Waals surface area contributed by atoms with E-state index >= 15 is 0 Å². The van der Waals surface area contributed by atoms with Gasteiger partial charge in [-0.15, -0.1) is 0 Å². The van der Waals surface area contributed by atoms with Crippen LogP contribution < -0.4 is 5.73 Å². The number of hydrogen-bond acceptors (Lipinski definition) is 5. The zero-order valence-corrected chi connectivity index (χ0v) is 11.8. The molecule has 0 aliphatic carbocycles. The average molecular weight is 295 g/mol. The molecule has 1 atom stereocenters. The van der Waals surface area contributed by atoms with Crippen molar-refractivity contribution in [2.75, 3.05) is 25.4 Å². The Morgan fingerprint density at radius 1 is 1.50 bits per heavy atom. The molecule has 0 amide bonds. The van der Waals surface area contributed by atoms with Crippen molar-refractivity contribution >= 4 is 15.7 Å². The van der Waals surface area contributed by atoms with Gasteiger partial charge in [0.05, 0.1) is 17.3 Å². The Hall–Kier alpha value is -1.62. The number of aliphatic hydroxyl groups excluding tert-OH is 1. The topological polar surface area (TPSA) is 107 Å². The van der Waals surface area contributed by atoms with E-state index in [4.69, 9.17) is 16.1 Å². The molecule has 3 N–H and O–H groups in total. The van der Waals surface area contributed by atoms with E-state index in [-0.39, 0.29) is 23.1 Å². The number of nitrogen functional groups attached to an aromatic ring is 1. The summed E-state index contributed by atoms with van der Waals surface area (Å²) in [6, 6.07) is 6.12. The molecule has 1 aliphatic heterocycles. The highest BCUT2D eigenvalue weighted by molar-refractivity contribution is 7.89. The molecule has 1 heterocycles. The molecular weight excluding hydrogens is 278 g/mol. The number of aliphatic hydroxyl groups is 1. The second kappa shape index (κ2) is 5.79. The van der Waals surface area contributed by atoms with Crippen LogP contribution in [0.3, 0.4) is 0 Å². The molecule has 20 heavy (non-hydrogen) atoms. The first-order chi connectivity index (χ1) is 9.48. The lowest BCUT2D eigenvalue weighted by molar-refractivity contribution is 0.259. The zero-order valence-electron chi connectivity index (χ0n) is 11.0. The molecule has 1 fully saturated rings. The molecule has 2 rings (SSSR count). The molecule has 0 saturated carbocycles. The number of sulfonamides is 1. The number of rotatable bonds is 4. The molecule has 1 aliphatic rings. The van der Waals surface area contributed by atoms with E-state index in [0.717, 1.165) is 6.42 Å². The first-order valence-electron chi connectivity index (χ1n) is 6.39. The molecule has 7 heteroatoms. The van der Waals surface area contributed by atoms with Gasteiger partial charge in [-0.1, -0.05) is 0 Å². The summed E-state index contributed by atoms with van der Waals surface area (Å²) in [5.41, 5.74) is 6.17. The first-order valence-corrected chi connectivity index (χ1v) is 7.83. The number of nitrogens with two attached hydrogens (primary N) is 1. The van der Waals surface area contributed by atoms with Crippen molar-refractivity contribution in [3.05, 3.63) is 23.8 Å². The highest BCUT2D eigenvalue weighted by atomic mass is 32.2. The van der Waals surface area contributed by atoms with E-state index < -0.39 is 10.0 Å². The number of hydrogen-bond donors (Lipinski definition) is 2. The zero-order chi connectivity index (χ0) is 14.8. The van der Waals surface area contributed by atoms with Gasteiger partial charge in [0, 0.05) is 19.7 Å². The largest absolute Gasteiger partial charge is 0.398 e. The van der Waals surface area contributed by atoms with Gasteiger partial charge in [-0.3, -0.25) is 0 Å². The van der Waals surface area contributed by atoms with Crippen LogP contribution in [0, 0.1) is 17.2 Å². The SMILES string of the molecule is N#Cc1ccc(S(=O)(=O)N2CCC(CCO)C2)c(N)c1. The highest BCUT2D eigenvalue weighted by Crippen LogP contribution is 2.29. The van der Waals surface area contributed by atoms with Crippen molar-refractivity contribution in [3.63, 3.8) is 0 Å². The van der Waals surface area contributed by atoms with Crippen molar-refractivity contribution in [1.82, 2.24) is 4.31 Å². The van der Waals surface area contributed by atoms with Gasteiger partial charge in [-0.2, -0.15) is 9.57 Å². The van der Waals surface area contributed by atoms with Crippen LogP contribution in [0.1, 0.15) is 18.4 Å². The van der Waals surface area contributed by atoms with Crippen molar-refractivity contribution < 1.29 is 13.5 Å². The van der Waals surface area contributed by atoms with Gasteiger partial charge < -0.3 is 10.8 Å². The van der Waals surface area contributed by atoms with Gasteiger partial charge in [-0.25, -0.2) is 8.42 Å². The van der Waals surface area contributed by atoms with E-state index in [0.29, 0.717) is 25.1 Å². The predicted molar refractivity (Wildman–Crippen MR) is 74.1 cm³/mol. The third kappa shape index (κ3) is 2.77. The summed E-state index contributed by atoms with van der Waals surface area (Å²) in [5, 5.41) is 17.7. The Bertz CT molecular complexity index is 637. The second-order valence-corrected chi connectivity index (χ2v) is 6.80. The number of nitriles is 1. The fourth-order valence-corrected chi connectivity index (χ4v) is 4.05. The van der Waals surface area contributed by atoms with Crippen LogP contribution in [0.15, 0.2) is 23.1 Å². The lowest BCUT2D eigenvalue weighted by atomic mass is 10.1. The standard InChI is InChI=1S/C13H17N3O3S/c14-8-11-1-2-13(12(15)7-11)20(18,19)16-5-3-10(9-16)4-6-17/h1-2,7,10,17H,3-6,9,15H2. The maximum Gasteiger partial charge on any atom is 0.245 e. The fraction of sp³-hybridized carbons (Fsp3) is 0.462. The van der Waals surface area contributed by atoms with E-state index in [9.17, 15) is 8.42 Å². The summed E-state index contributed by atoms with van der Waals surface area (Å²) in [5.74, 6) is 0.189. The quantitative estimate of drug-likeness (QED) is 0.788. The molecule has 108 valence electrons. The molecule has 0 spiro atoms. The van der Waals surface area contributed by atoms with E-state index in [1.807, 2.05) is 6.07 Å². The summed E-state index contributed by atoms with van der Waals surface area (Å²) < 4.78 is 26.4. The predicted octanol–water partition coefficient (Wildman–Crippen LogP) is 0.533. The van der Waals surface area contributed by atoms with Crippen LogP contribution >= 0.6 is 0 Å². The van der Waals surface area contributed by atoms with Gasteiger partial charge >= 0.3 is 0 Å². The van der Waals surface area contributed by atoms with Crippen LogP contribution in [0.25, 0.3) is 0 Å². The van der Waals surface area contributed by atoms with Crippen LogP contribution in [-0.2, 0) is 10.0 Å². The monoisotopic (exact) mass is 295 g/mol. The van der Waals surface area contributed by atoms with Crippen molar-refractivity contribution in [2.45, 2.75) is 17.7 Å². The summed E-state index contributed by atoms with van der Waals surface area (Å²) in [4.78, 5) is 0.0427. The Labute approximate surface area is 118 Å². The van der Waals surface area contributed by atoms with Gasteiger partial charge in [0.1, 0.15) is 4.90 Å². The van der Waals surface area contributed by atoms with Crippen molar-refractivity contribution in [3.8, 4) is 6.07 Å². The van der Waals surface area contributed by atoms with E-state index in [1.165, 1.54) is 22.5 Å². The third-order valence-corrected chi connectivity index (χ3v) is 5.48. The van der Waals surface area contributed by atoms with Crippen LogP contribution in [-0.4, -0.2) is 37.5 Å². The fourth-order valence-electron chi connectivity index (χ4n) is 2.43. The van der Waals surface area contributed by atoms with Gasteiger partial charge in [0.2, 0.25) is 10.0 Å². The Kier molecular flexibility index (Phi) is 4.28. The molecule has 1 aromatic rings. The Morgan fingerprint density at radius 2 is 2.25 bits per heavy atom. The van der Waals surface area contributed by atoms with E-state index in [1.54, 1.807) is 0 Å². The smallest absolute Gasteiger partial charge is 0.245 e. The third-order valence-electron chi connectivity index (χ3n) is 3.54. The summed E-state index contributed by atoms with van der Waals surface area (Å²) >= 11 is 0. The molecule has 1 aromatic carbocycles. The van der Waals surface area contributed by atoms with Gasteiger partial charge in [0.25, 0.3) is 0 Å². The lowest BCUT2D eigenvalue weighted by Crippen LogP contribution is -2.29. The Balaban J connectivity index is 2.26. The number of anilines is 1. The summed E-state index contributed by atoms with van der Waals surface area (Å²) in [6.07, 6.45) is 1.35. The van der Waals surface area contributed by atoms with Crippen LogP contribution in [0.4, 0.5) is 5.69 Å². The van der Waals surface area contributed by atoms with Crippen LogP contribution in [0.2, 0.25) is 0 Å². The molecule has 0 bridgehead atoms. The molecule has 0 radical (unpaired) electrons. The molecule has 6 nitrogen and oxygen atoms in total. The average Bonchev–Trinajstić information content (AvgIpc) is 2.88. The summed E-state index contributed by atoms with van der Waals surface area (Å²) in [7, 11) is -3.63. The molecular formula is C13H17N3O3S. The maximum absolute atomic E-state index is 12.5. The van der Waals surface area contributed by atoms with Crippen molar-refractivity contribution in [2.24, 2.45) is 5.92 Å². The number of nitrogens with zero attached hydrogens (tertiary/aromatic N) is 2. The first kappa shape index (κ1) is 14.8.